The normalized spacial score (nSPS) is 12.7. The van der Waals surface area contributed by atoms with Gasteiger partial charge in [-0.3, -0.25) is 4.79 Å². The van der Waals surface area contributed by atoms with E-state index in [2.05, 4.69) is 36.3 Å². The molecule has 1 unspecified atom stereocenters. The van der Waals surface area contributed by atoms with Gasteiger partial charge >= 0.3 is 0 Å². The molecule has 1 rings (SSSR count). The SMILES string of the molecule is CC(CN)C(=O)NCc1nnc(C(C)(C)C)s1.Cl. The summed E-state index contributed by atoms with van der Waals surface area (Å²) in [5.41, 5.74) is 5.42. The molecule has 5 nitrogen and oxygen atoms in total. The van der Waals surface area contributed by atoms with E-state index in [4.69, 9.17) is 5.73 Å². The van der Waals surface area contributed by atoms with Crippen LogP contribution in [0.15, 0.2) is 0 Å². The number of amides is 1. The summed E-state index contributed by atoms with van der Waals surface area (Å²) in [4.78, 5) is 11.5. The molecule has 0 fully saturated rings. The van der Waals surface area contributed by atoms with Crippen molar-refractivity contribution >= 4 is 29.7 Å². The van der Waals surface area contributed by atoms with Crippen molar-refractivity contribution in [3.05, 3.63) is 10.0 Å². The van der Waals surface area contributed by atoms with Gasteiger partial charge in [-0.15, -0.1) is 22.6 Å². The second-order valence-electron chi connectivity index (χ2n) is 5.11. The molecule has 0 saturated heterocycles. The van der Waals surface area contributed by atoms with Gasteiger partial charge in [0.1, 0.15) is 10.0 Å². The molecular weight excluding hydrogens is 272 g/mol. The van der Waals surface area contributed by atoms with E-state index in [1.54, 1.807) is 6.92 Å². The van der Waals surface area contributed by atoms with Crippen LogP contribution in [-0.2, 0) is 16.8 Å². The fourth-order valence-corrected chi connectivity index (χ4v) is 1.91. The Bertz CT molecular complexity index is 389. The number of aromatic nitrogens is 2. The maximum absolute atomic E-state index is 11.5. The third kappa shape index (κ3) is 4.88. The number of halogens is 1. The van der Waals surface area contributed by atoms with Crippen LogP contribution in [0.2, 0.25) is 0 Å². The molecule has 3 N–H and O–H groups in total. The van der Waals surface area contributed by atoms with Gasteiger partial charge in [0.15, 0.2) is 0 Å². The summed E-state index contributed by atoms with van der Waals surface area (Å²) in [6, 6.07) is 0. The molecule has 1 atom stereocenters. The Morgan fingerprint density at radius 2 is 2.06 bits per heavy atom. The van der Waals surface area contributed by atoms with E-state index < -0.39 is 0 Å². The van der Waals surface area contributed by atoms with Gasteiger partial charge in [0.2, 0.25) is 5.91 Å². The van der Waals surface area contributed by atoms with E-state index in [9.17, 15) is 4.79 Å². The smallest absolute Gasteiger partial charge is 0.224 e. The van der Waals surface area contributed by atoms with Gasteiger partial charge in [-0.05, 0) is 0 Å². The maximum Gasteiger partial charge on any atom is 0.224 e. The van der Waals surface area contributed by atoms with Gasteiger partial charge < -0.3 is 11.1 Å². The summed E-state index contributed by atoms with van der Waals surface area (Å²) in [5, 5.41) is 12.8. The van der Waals surface area contributed by atoms with Crippen LogP contribution >= 0.6 is 23.7 Å². The zero-order chi connectivity index (χ0) is 13.1. The minimum atomic E-state index is -0.162. The van der Waals surface area contributed by atoms with Crippen molar-refractivity contribution in [1.29, 1.82) is 0 Å². The number of nitrogens with two attached hydrogens (primary N) is 1. The van der Waals surface area contributed by atoms with Crippen molar-refractivity contribution < 1.29 is 4.79 Å². The summed E-state index contributed by atoms with van der Waals surface area (Å²) >= 11 is 1.53. The summed E-state index contributed by atoms with van der Waals surface area (Å²) in [7, 11) is 0. The molecule has 0 saturated carbocycles. The number of hydrogen-bond donors (Lipinski definition) is 2. The minimum Gasteiger partial charge on any atom is -0.349 e. The monoisotopic (exact) mass is 292 g/mol. The van der Waals surface area contributed by atoms with E-state index in [1.165, 1.54) is 11.3 Å². The third-order valence-electron chi connectivity index (χ3n) is 2.32. The number of carbonyl (C=O) groups is 1. The first-order valence-corrected chi connectivity index (χ1v) is 6.47. The van der Waals surface area contributed by atoms with Crippen LogP contribution in [0.25, 0.3) is 0 Å². The van der Waals surface area contributed by atoms with Crippen molar-refractivity contribution in [1.82, 2.24) is 15.5 Å². The van der Waals surface area contributed by atoms with Crippen LogP contribution in [0.4, 0.5) is 0 Å². The molecule has 0 spiro atoms. The molecule has 1 aromatic rings. The molecule has 104 valence electrons. The first-order chi connectivity index (χ1) is 7.84. The van der Waals surface area contributed by atoms with E-state index in [-0.39, 0.29) is 29.6 Å². The summed E-state index contributed by atoms with van der Waals surface area (Å²) < 4.78 is 0. The van der Waals surface area contributed by atoms with Gasteiger partial charge in [-0.1, -0.05) is 39.0 Å². The van der Waals surface area contributed by atoms with Crippen LogP contribution < -0.4 is 11.1 Å². The zero-order valence-corrected chi connectivity index (χ0v) is 12.8. The van der Waals surface area contributed by atoms with E-state index in [1.807, 2.05) is 0 Å². The summed E-state index contributed by atoms with van der Waals surface area (Å²) in [5.74, 6) is -0.204. The largest absolute Gasteiger partial charge is 0.349 e. The topological polar surface area (TPSA) is 80.9 Å². The molecule has 1 amide bonds. The predicted octanol–water partition coefficient (Wildman–Crippen LogP) is 1.47. The predicted molar refractivity (Wildman–Crippen MR) is 75.9 cm³/mol. The van der Waals surface area contributed by atoms with Crippen LogP contribution in [0, 0.1) is 5.92 Å². The maximum atomic E-state index is 11.5. The highest BCUT2D eigenvalue weighted by atomic mass is 35.5. The molecule has 1 heterocycles. The van der Waals surface area contributed by atoms with Gasteiger partial charge in [-0.2, -0.15) is 0 Å². The number of hydrogen-bond acceptors (Lipinski definition) is 5. The summed E-state index contributed by atoms with van der Waals surface area (Å²) in [6.45, 7) is 8.85. The fourth-order valence-electron chi connectivity index (χ4n) is 1.07. The van der Waals surface area contributed by atoms with Crippen LogP contribution in [-0.4, -0.2) is 22.6 Å². The Hall–Kier alpha value is -0.720. The molecular formula is C11H21ClN4OS. The standard InChI is InChI=1S/C11H20N4OS.ClH/c1-7(5-12)9(16)13-6-8-14-15-10(17-8)11(2,3)4;/h7H,5-6,12H2,1-4H3,(H,13,16);1H. The number of nitrogens with one attached hydrogen (secondary N) is 1. The lowest BCUT2D eigenvalue weighted by atomic mass is 9.98. The zero-order valence-electron chi connectivity index (χ0n) is 11.2. The number of nitrogens with zero attached hydrogens (tertiary/aromatic N) is 2. The lowest BCUT2D eigenvalue weighted by Crippen LogP contribution is -2.32. The van der Waals surface area contributed by atoms with Gasteiger partial charge in [0.05, 0.1) is 6.54 Å². The van der Waals surface area contributed by atoms with Crippen LogP contribution in [0.1, 0.15) is 37.7 Å². The van der Waals surface area contributed by atoms with Crippen molar-refractivity contribution in [2.24, 2.45) is 11.7 Å². The Morgan fingerprint density at radius 1 is 1.44 bits per heavy atom. The highest BCUT2D eigenvalue weighted by Gasteiger charge is 2.19. The molecule has 18 heavy (non-hydrogen) atoms. The highest BCUT2D eigenvalue weighted by molar-refractivity contribution is 7.11. The second-order valence-corrected chi connectivity index (χ2v) is 6.17. The van der Waals surface area contributed by atoms with Gasteiger partial charge in [-0.25, -0.2) is 0 Å². The Labute approximate surface area is 118 Å². The van der Waals surface area contributed by atoms with E-state index in [0.717, 1.165) is 10.0 Å². The minimum absolute atomic E-state index is 0. The fraction of sp³-hybridized carbons (Fsp3) is 0.727. The highest BCUT2D eigenvalue weighted by Crippen LogP contribution is 2.25. The first-order valence-electron chi connectivity index (χ1n) is 5.65. The average Bonchev–Trinajstić information content (AvgIpc) is 2.72. The van der Waals surface area contributed by atoms with Gasteiger partial charge in [0.25, 0.3) is 0 Å². The average molecular weight is 293 g/mol. The number of carbonyl (C=O) groups excluding carboxylic acids is 1. The quantitative estimate of drug-likeness (QED) is 0.880. The molecule has 0 aliphatic heterocycles. The van der Waals surface area contributed by atoms with Crippen molar-refractivity contribution in [2.75, 3.05) is 6.54 Å². The van der Waals surface area contributed by atoms with Crippen molar-refractivity contribution in [3.63, 3.8) is 0 Å². The lowest BCUT2D eigenvalue weighted by Gasteiger charge is -2.12. The second kappa shape index (κ2) is 7.01. The molecule has 1 aromatic heterocycles. The van der Waals surface area contributed by atoms with Crippen LogP contribution in [0.5, 0.6) is 0 Å². The summed E-state index contributed by atoms with van der Waals surface area (Å²) in [6.07, 6.45) is 0. The van der Waals surface area contributed by atoms with Crippen LogP contribution in [0.3, 0.4) is 0 Å². The molecule has 0 aliphatic rings. The number of rotatable bonds is 4. The van der Waals surface area contributed by atoms with Crippen molar-refractivity contribution in [3.8, 4) is 0 Å². The molecule has 0 bridgehead atoms. The Kier molecular flexibility index (Phi) is 6.73. The first kappa shape index (κ1) is 17.3. The molecule has 0 radical (unpaired) electrons. The molecule has 0 aromatic carbocycles. The lowest BCUT2D eigenvalue weighted by molar-refractivity contribution is -0.124. The van der Waals surface area contributed by atoms with Crippen molar-refractivity contribution in [2.45, 2.75) is 39.7 Å². The molecule has 7 heteroatoms. The van der Waals surface area contributed by atoms with E-state index in [0.29, 0.717) is 13.1 Å². The van der Waals surface area contributed by atoms with Gasteiger partial charge in [0, 0.05) is 17.9 Å². The Morgan fingerprint density at radius 3 is 2.50 bits per heavy atom. The van der Waals surface area contributed by atoms with E-state index >= 15 is 0 Å². The Balaban J connectivity index is 0.00000289. The molecule has 0 aliphatic carbocycles. The third-order valence-corrected chi connectivity index (χ3v) is 3.67.